The van der Waals surface area contributed by atoms with E-state index in [4.69, 9.17) is 14.6 Å². The SMILES string of the molecule is CCOc1ccc(NC(=O)C2CCC(C(=O)O)O2)cn1. The van der Waals surface area contributed by atoms with Crippen molar-refractivity contribution in [3.05, 3.63) is 18.3 Å². The number of ether oxygens (including phenoxy) is 2. The summed E-state index contributed by atoms with van der Waals surface area (Å²) < 4.78 is 10.4. The lowest BCUT2D eigenvalue weighted by Crippen LogP contribution is -2.29. The van der Waals surface area contributed by atoms with Gasteiger partial charge in [-0.1, -0.05) is 0 Å². The summed E-state index contributed by atoms with van der Waals surface area (Å²) in [5, 5.41) is 11.4. The van der Waals surface area contributed by atoms with Crippen molar-refractivity contribution in [1.29, 1.82) is 0 Å². The summed E-state index contributed by atoms with van der Waals surface area (Å²) >= 11 is 0. The van der Waals surface area contributed by atoms with Crippen molar-refractivity contribution < 1.29 is 24.2 Å². The molecule has 1 aliphatic heterocycles. The Kier molecular flexibility index (Phi) is 4.52. The van der Waals surface area contributed by atoms with Crippen LogP contribution in [0.1, 0.15) is 19.8 Å². The molecule has 1 fully saturated rings. The number of pyridine rings is 1. The molecule has 20 heavy (non-hydrogen) atoms. The Morgan fingerprint density at radius 2 is 2.20 bits per heavy atom. The molecule has 2 heterocycles. The zero-order chi connectivity index (χ0) is 14.5. The monoisotopic (exact) mass is 280 g/mol. The van der Waals surface area contributed by atoms with Gasteiger partial charge in [-0.25, -0.2) is 9.78 Å². The van der Waals surface area contributed by atoms with E-state index in [1.54, 1.807) is 12.1 Å². The van der Waals surface area contributed by atoms with Crippen LogP contribution in [-0.2, 0) is 14.3 Å². The fourth-order valence-corrected chi connectivity index (χ4v) is 1.92. The number of carboxylic acid groups (broad SMARTS) is 1. The van der Waals surface area contributed by atoms with Gasteiger partial charge in [-0.2, -0.15) is 0 Å². The summed E-state index contributed by atoms with van der Waals surface area (Å²) in [5.41, 5.74) is 0.515. The smallest absolute Gasteiger partial charge is 0.332 e. The second-order valence-corrected chi connectivity index (χ2v) is 4.34. The second-order valence-electron chi connectivity index (χ2n) is 4.34. The topological polar surface area (TPSA) is 97.8 Å². The minimum atomic E-state index is -1.04. The van der Waals surface area contributed by atoms with Crippen LogP contribution in [0.25, 0.3) is 0 Å². The lowest BCUT2D eigenvalue weighted by Gasteiger charge is -2.11. The molecule has 2 atom stereocenters. The number of rotatable bonds is 5. The molecule has 0 saturated carbocycles. The highest BCUT2D eigenvalue weighted by Crippen LogP contribution is 2.21. The normalized spacial score (nSPS) is 21.4. The van der Waals surface area contributed by atoms with Gasteiger partial charge in [0.25, 0.3) is 5.91 Å². The third-order valence-electron chi connectivity index (χ3n) is 2.88. The van der Waals surface area contributed by atoms with Gasteiger partial charge in [0.1, 0.15) is 6.10 Å². The van der Waals surface area contributed by atoms with E-state index in [2.05, 4.69) is 10.3 Å². The number of aromatic nitrogens is 1. The third kappa shape index (κ3) is 3.45. The number of carbonyl (C=O) groups excluding carboxylic acids is 1. The Morgan fingerprint density at radius 3 is 2.75 bits per heavy atom. The number of nitrogens with one attached hydrogen (secondary N) is 1. The molecule has 1 aromatic rings. The summed E-state index contributed by atoms with van der Waals surface area (Å²) in [5.74, 6) is -0.920. The van der Waals surface area contributed by atoms with Crippen molar-refractivity contribution in [3.63, 3.8) is 0 Å². The van der Waals surface area contributed by atoms with Crippen molar-refractivity contribution in [2.75, 3.05) is 11.9 Å². The molecule has 1 amide bonds. The van der Waals surface area contributed by atoms with Crippen LogP contribution in [0.5, 0.6) is 5.88 Å². The fourth-order valence-electron chi connectivity index (χ4n) is 1.92. The zero-order valence-corrected chi connectivity index (χ0v) is 11.0. The Balaban J connectivity index is 1.90. The largest absolute Gasteiger partial charge is 0.479 e. The van der Waals surface area contributed by atoms with Gasteiger partial charge >= 0.3 is 5.97 Å². The molecule has 1 aliphatic rings. The fraction of sp³-hybridized carbons (Fsp3) is 0.462. The number of carboxylic acids is 1. The maximum Gasteiger partial charge on any atom is 0.332 e. The number of aliphatic carboxylic acids is 1. The maximum absolute atomic E-state index is 11.9. The van der Waals surface area contributed by atoms with E-state index in [9.17, 15) is 9.59 Å². The molecule has 108 valence electrons. The van der Waals surface area contributed by atoms with Crippen molar-refractivity contribution >= 4 is 17.6 Å². The summed E-state index contributed by atoms with van der Waals surface area (Å²) in [6.45, 7) is 2.37. The summed E-state index contributed by atoms with van der Waals surface area (Å²) in [6.07, 6.45) is 0.584. The number of amides is 1. The molecule has 1 aromatic heterocycles. The van der Waals surface area contributed by atoms with Crippen LogP contribution < -0.4 is 10.1 Å². The van der Waals surface area contributed by atoms with Crippen molar-refractivity contribution in [3.8, 4) is 5.88 Å². The number of anilines is 1. The van der Waals surface area contributed by atoms with Crippen LogP contribution in [0.2, 0.25) is 0 Å². The minimum absolute atomic E-state index is 0.342. The molecule has 7 heteroatoms. The predicted octanol–water partition coefficient (Wildman–Crippen LogP) is 1.05. The van der Waals surface area contributed by atoms with E-state index in [0.29, 0.717) is 31.0 Å². The van der Waals surface area contributed by atoms with E-state index >= 15 is 0 Å². The molecule has 2 unspecified atom stereocenters. The standard InChI is InChI=1S/C13H16N2O5/c1-2-19-11-6-3-8(7-14-11)15-12(16)9-4-5-10(20-9)13(17)18/h3,6-7,9-10H,2,4-5H2,1H3,(H,15,16)(H,17,18). The highest BCUT2D eigenvalue weighted by molar-refractivity contribution is 5.94. The van der Waals surface area contributed by atoms with Crippen LogP contribution in [0.3, 0.4) is 0 Å². The highest BCUT2D eigenvalue weighted by atomic mass is 16.5. The summed E-state index contributed by atoms with van der Waals surface area (Å²) in [4.78, 5) is 26.7. The Morgan fingerprint density at radius 1 is 1.45 bits per heavy atom. The van der Waals surface area contributed by atoms with Gasteiger partial charge in [-0.05, 0) is 25.8 Å². The molecule has 2 rings (SSSR count). The molecule has 2 N–H and O–H groups in total. The molecule has 1 saturated heterocycles. The van der Waals surface area contributed by atoms with Gasteiger partial charge in [0.05, 0.1) is 18.5 Å². The van der Waals surface area contributed by atoms with E-state index < -0.39 is 18.2 Å². The molecule has 0 radical (unpaired) electrons. The molecule has 0 aliphatic carbocycles. The number of hydrogen-bond acceptors (Lipinski definition) is 5. The first-order valence-electron chi connectivity index (χ1n) is 6.38. The van der Waals surface area contributed by atoms with Crippen LogP contribution in [-0.4, -0.2) is 40.8 Å². The molecular weight excluding hydrogens is 264 g/mol. The Bertz CT molecular complexity index is 488. The van der Waals surface area contributed by atoms with Crippen LogP contribution in [0, 0.1) is 0 Å². The molecule has 0 bridgehead atoms. The summed E-state index contributed by atoms with van der Waals surface area (Å²) in [7, 11) is 0. The van der Waals surface area contributed by atoms with Crippen LogP contribution >= 0.6 is 0 Å². The van der Waals surface area contributed by atoms with Gasteiger partial charge in [0.2, 0.25) is 5.88 Å². The highest BCUT2D eigenvalue weighted by Gasteiger charge is 2.34. The molecule has 0 aromatic carbocycles. The van der Waals surface area contributed by atoms with Gasteiger partial charge in [0, 0.05) is 6.07 Å². The van der Waals surface area contributed by atoms with Gasteiger partial charge in [-0.15, -0.1) is 0 Å². The number of hydrogen-bond donors (Lipinski definition) is 2. The number of carbonyl (C=O) groups is 2. The Labute approximate surface area is 115 Å². The average Bonchev–Trinajstić information content (AvgIpc) is 2.91. The van der Waals surface area contributed by atoms with E-state index in [1.807, 2.05) is 6.92 Å². The first-order chi connectivity index (χ1) is 9.60. The summed E-state index contributed by atoms with van der Waals surface area (Å²) in [6, 6.07) is 3.31. The second kappa shape index (κ2) is 6.33. The van der Waals surface area contributed by atoms with Gasteiger partial charge in [-0.3, -0.25) is 4.79 Å². The molecular formula is C13H16N2O5. The average molecular weight is 280 g/mol. The lowest BCUT2D eigenvalue weighted by molar-refractivity contribution is -0.150. The van der Waals surface area contributed by atoms with Crippen molar-refractivity contribution in [2.45, 2.75) is 32.0 Å². The first kappa shape index (κ1) is 14.3. The van der Waals surface area contributed by atoms with Crippen LogP contribution in [0.4, 0.5) is 5.69 Å². The van der Waals surface area contributed by atoms with Crippen molar-refractivity contribution in [2.24, 2.45) is 0 Å². The van der Waals surface area contributed by atoms with Gasteiger partial charge < -0.3 is 19.9 Å². The van der Waals surface area contributed by atoms with Gasteiger partial charge in [0.15, 0.2) is 6.10 Å². The van der Waals surface area contributed by atoms with E-state index in [-0.39, 0.29) is 5.91 Å². The minimum Gasteiger partial charge on any atom is -0.479 e. The number of nitrogens with zero attached hydrogens (tertiary/aromatic N) is 1. The first-order valence-corrected chi connectivity index (χ1v) is 6.38. The lowest BCUT2D eigenvalue weighted by atomic mass is 10.2. The van der Waals surface area contributed by atoms with Crippen molar-refractivity contribution in [1.82, 2.24) is 4.98 Å². The maximum atomic E-state index is 11.9. The van der Waals surface area contributed by atoms with E-state index in [0.717, 1.165) is 0 Å². The quantitative estimate of drug-likeness (QED) is 0.836. The Hall–Kier alpha value is -2.15. The predicted molar refractivity (Wildman–Crippen MR) is 69.6 cm³/mol. The molecule has 0 spiro atoms. The molecule has 7 nitrogen and oxygen atoms in total. The third-order valence-corrected chi connectivity index (χ3v) is 2.88. The van der Waals surface area contributed by atoms with Crippen LogP contribution in [0.15, 0.2) is 18.3 Å². The van der Waals surface area contributed by atoms with E-state index in [1.165, 1.54) is 6.20 Å². The zero-order valence-electron chi connectivity index (χ0n) is 11.0.